The van der Waals surface area contributed by atoms with Crippen LogP contribution in [0.5, 0.6) is 0 Å². The fourth-order valence-electron chi connectivity index (χ4n) is 0.0770. The van der Waals surface area contributed by atoms with Gasteiger partial charge in [0, 0.05) is 10.1 Å². The van der Waals surface area contributed by atoms with Gasteiger partial charge in [-0.15, -0.1) is 0 Å². The molecule has 1 nitrogen and oxygen atoms in total. The summed E-state index contributed by atoms with van der Waals surface area (Å²) in [4.78, 5) is 0. The molecule has 0 aromatic carbocycles. The first-order chi connectivity index (χ1) is 3.18. The van der Waals surface area contributed by atoms with Gasteiger partial charge in [0.25, 0.3) is 0 Å². The average molecular weight is 160 g/mol. The number of nitriles is 1. The van der Waals surface area contributed by atoms with Crippen LogP contribution in [0.1, 0.15) is 13.8 Å². The summed E-state index contributed by atoms with van der Waals surface area (Å²) in [5.41, 5.74) is 0.736. The zero-order chi connectivity index (χ0) is 5.86. The third-order valence-corrected chi connectivity index (χ3v) is 1.28. The van der Waals surface area contributed by atoms with Crippen molar-refractivity contribution in [2.75, 3.05) is 0 Å². The molecular weight excluding hydrogens is 154 g/mol. The van der Waals surface area contributed by atoms with Crippen molar-refractivity contribution < 1.29 is 0 Å². The van der Waals surface area contributed by atoms with Crippen molar-refractivity contribution in [3.8, 4) is 6.07 Å². The molecule has 0 unspecified atom stereocenters. The van der Waals surface area contributed by atoms with Crippen LogP contribution in [0.25, 0.3) is 0 Å². The number of hydrogen-bond acceptors (Lipinski definition) is 1. The molecule has 0 saturated carbocycles. The largest absolute Gasteiger partial charge is 0.193 e. The number of nitrogens with zero attached hydrogens (tertiary/aromatic N) is 1. The lowest BCUT2D eigenvalue weighted by Gasteiger charge is -1.82. The summed E-state index contributed by atoms with van der Waals surface area (Å²) < 4.78 is 0.912. The monoisotopic (exact) mass is 159 g/mol. The Hall–Kier alpha value is -0.290. The summed E-state index contributed by atoms with van der Waals surface area (Å²) in [6.45, 7) is 3.61. The second kappa shape index (κ2) is 2.81. The summed E-state index contributed by atoms with van der Waals surface area (Å²) >= 11 is 3.16. The van der Waals surface area contributed by atoms with Crippen LogP contribution in [0.3, 0.4) is 0 Å². The van der Waals surface area contributed by atoms with Gasteiger partial charge in [0.15, 0.2) is 0 Å². The summed E-state index contributed by atoms with van der Waals surface area (Å²) in [6.07, 6.45) is 0. The molecule has 0 radical (unpaired) electrons. The van der Waals surface area contributed by atoms with Crippen molar-refractivity contribution >= 4 is 15.9 Å². The molecule has 0 atom stereocenters. The SMILES string of the molecule is C/C(Br)=C(\C)C#N. The zero-order valence-corrected chi connectivity index (χ0v) is 5.91. The molecule has 0 aromatic heterocycles. The number of halogens is 1. The Morgan fingerprint density at radius 1 is 1.57 bits per heavy atom. The second-order valence-corrected chi connectivity index (χ2v) is 2.46. The maximum Gasteiger partial charge on any atom is 0.0952 e. The first-order valence-electron chi connectivity index (χ1n) is 1.91. The smallest absolute Gasteiger partial charge is 0.0952 e. The molecule has 2 heteroatoms. The molecule has 0 aliphatic rings. The van der Waals surface area contributed by atoms with E-state index in [1.165, 1.54) is 0 Å². The zero-order valence-electron chi connectivity index (χ0n) is 4.33. The predicted molar refractivity (Wildman–Crippen MR) is 32.9 cm³/mol. The molecule has 0 amide bonds. The van der Waals surface area contributed by atoms with Crippen LogP contribution in [0.4, 0.5) is 0 Å². The molecule has 0 rings (SSSR count). The Morgan fingerprint density at radius 2 is 2.00 bits per heavy atom. The van der Waals surface area contributed by atoms with Crippen LogP contribution in [0, 0.1) is 11.3 Å². The third-order valence-electron chi connectivity index (χ3n) is 0.684. The lowest BCUT2D eigenvalue weighted by Crippen LogP contribution is -1.66. The predicted octanol–water partition coefficient (Wildman–Crippen LogP) is 2.20. The van der Waals surface area contributed by atoms with E-state index in [1.807, 2.05) is 13.0 Å². The quantitative estimate of drug-likeness (QED) is 0.498. The maximum atomic E-state index is 8.17. The molecule has 0 N–H and O–H groups in total. The Labute approximate surface area is 51.8 Å². The molecular formula is C5H6BrN. The van der Waals surface area contributed by atoms with Gasteiger partial charge in [-0.2, -0.15) is 5.26 Å². The van der Waals surface area contributed by atoms with Crippen LogP contribution in [-0.2, 0) is 0 Å². The van der Waals surface area contributed by atoms with Gasteiger partial charge >= 0.3 is 0 Å². The molecule has 0 bridgehead atoms. The van der Waals surface area contributed by atoms with Gasteiger partial charge < -0.3 is 0 Å². The van der Waals surface area contributed by atoms with Crippen LogP contribution in [0.15, 0.2) is 10.1 Å². The van der Waals surface area contributed by atoms with Crippen molar-refractivity contribution in [1.82, 2.24) is 0 Å². The summed E-state index contributed by atoms with van der Waals surface area (Å²) in [7, 11) is 0. The van der Waals surface area contributed by atoms with E-state index in [2.05, 4.69) is 15.9 Å². The van der Waals surface area contributed by atoms with Crippen LogP contribution in [-0.4, -0.2) is 0 Å². The summed E-state index contributed by atoms with van der Waals surface area (Å²) in [5, 5.41) is 8.17. The topological polar surface area (TPSA) is 23.8 Å². The third kappa shape index (κ3) is 2.41. The van der Waals surface area contributed by atoms with E-state index in [0.29, 0.717) is 0 Å². The van der Waals surface area contributed by atoms with Crippen molar-refractivity contribution in [2.24, 2.45) is 0 Å². The number of allylic oxidation sites excluding steroid dienone is 2. The van der Waals surface area contributed by atoms with Gasteiger partial charge in [-0.3, -0.25) is 0 Å². The first-order valence-corrected chi connectivity index (χ1v) is 2.71. The van der Waals surface area contributed by atoms with E-state index in [9.17, 15) is 0 Å². The minimum atomic E-state index is 0.736. The van der Waals surface area contributed by atoms with E-state index in [1.54, 1.807) is 6.92 Å². The van der Waals surface area contributed by atoms with Gasteiger partial charge in [-0.05, 0) is 13.8 Å². The highest BCUT2D eigenvalue weighted by Gasteiger charge is 1.85. The minimum Gasteiger partial charge on any atom is -0.193 e. The average Bonchev–Trinajstić information content (AvgIpc) is 1.65. The van der Waals surface area contributed by atoms with E-state index < -0.39 is 0 Å². The fraction of sp³-hybridized carbons (Fsp3) is 0.400. The number of hydrogen-bond donors (Lipinski definition) is 0. The molecule has 0 aliphatic heterocycles. The normalized spacial score (nSPS) is 12.3. The van der Waals surface area contributed by atoms with E-state index in [-0.39, 0.29) is 0 Å². The second-order valence-electron chi connectivity index (χ2n) is 1.27. The highest BCUT2D eigenvalue weighted by atomic mass is 79.9. The highest BCUT2D eigenvalue weighted by molar-refractivity contribution is 9.11. The molecule has 0 spiro atoms. The van der Waals surface area contributed by atoms with Gasteiger partial charge in [-0.1, -0.05) is 15.9 Å². The summed E-state index contributed by atoms with van der Waals surface area (Å²) in [6, 6.07) is 2.00. The molecule has 7 heavy (non-hydrogen) atoms. The molecule has 0 heterocycles. The van der Waals surface area contributed by atoms with Gasteiger partial charge in [0.1, 0.15) is 0 Å². The Balaban J connectivity index is 4.07. The van der Waals surface area contributed by atoms with Crippen molar-refractivity contribution in [2.45, 2.75) is 13.8 Å². The highest BCUT2D eigenvalue weighted by Crippen LogP contribution is 2.07. The Morgan fingerprint density at radius 3 is 2.00 bits per heavy atom. The lowest BCUT2D eigenvalue weighted by molar-refractivity contribution is 1.41. The maximum absolute atomic E-state index is 8.17. The molecule has 0 aliphatic carbocycles. The Bertz CT molecular complexity index is 126. The van der Waals surface area contributed by atoms with Crippen LogP contribution in [0.2, 0.25) is 0 Å². The standard InChI is InChI=1S/C5H6BrN/c1-4(3-7)5(2)6/h1-2H3/b5-4-. The van der Waals surface area contributed by atoms with Gasteiger partial charge in [0.2, 0.25) is 0 Å². The molecule has 0 saturated heterocycles. The molecule has 0 aromatic rings. The lowest BCUT2D eigenvalue weighted by atomic mass is 10.3. The van der Waals surface area contributed by atoms with E-state index in [4.69, 9.17) is 5.26 Å². The first kappa shape index (κ1) is 6.71. The minimum absolute atomic E-state index is 0.736. The fourth-order valence-corrected chi connectivity index (χ4v) is 0.166. The van der Waals surface area contributed by atoms with Crippen LogP contribution >= 0.6 is 15.9 Å². The van der Waals surface area contributed by atoms with Crippen molar-refractivity contribution in [3.63, 3.8) is 0 Å². The van der Waals surface area contributed by atoms with Gasteiger partial charge in [0.05, 0.1) is 6.07 Å². The van der Waals surface area contributed by atoms with Crippen LogP contribution < -0.4 is 0 Å². The Kier molecular flexibility index (Phi) is 2.70. The van der Waals surface area contributed by atoms with Gasteiger partial charge in [-0.25, -0.2) is 0 Å². The summed E-state index contributed by atoms with van der Waals surface area (Å²) in [5.74, 6) is 0. The van der Waals surface area contributed by atoms with E-state index in [0.717, 1.165) is 10.1 Å². The number of rotatable bonds is 0. The van der Waals surface area contributed by atoms with Crippen molar-refractivity contribution in [1.29, 1.82) is 5.26 Å². The van der Waals surface area contributed by atoms with Crippen molar-refractivity contribution in [3.05, 3.63) is 10.1 Å². The van der Waals surface area contributed by atoms with E-state index >= 15 is 0 Å². The molecule has 38 valence electrons. The molecule has 0 fully saturated rings.